The summed E-state index contributed by atoms with van der Waals surface area (Å²) < 4.78 is 26.8. The summed E-state index contributed by atoms with van der Waals surface area (Å²) in [4.78, 5) is 0.352. The molecule has 100 valence electrons. The lowest BCUT2D eigenvalue weighted by atomic mass is 10.1. The van der Waals surface area contributed by atoms with Gasteiger partial charge in [0.25, 0.3) is 0 Å². The fourth-order valence-electron chi connectivity index (χ4n) is 2.28. The molecule has 2 rings (SSSR count). The summed E-state index contributed by atoms with van der Waals surface area (Å²) in [6.45, 7) is 0.572. The minimum absolute atomic E-state index is 0.352. The van der Waals surface area contributed by atoms with Gasteiger partial charge in [-0.2, -0.15) is 0 Å². The number of hydrogen-bond acceptors (Lipinski definition) is 2. The molecule has 0 atom stereocenters. The van der Waals surface area contributed by atoms with Crippen molar-refractivity contribution in [2.75, 3.05) is 6.54 Å². The molecule has 0 heterocycles. The quantitative estimate of drug-likeness (QED) is 0.843. The van der Waals surface area contributed by atoms with Gasteiger partial charge in [0.1, 0.15) is 0 Å². The molecule has 5 heteroatoms. The van der Waals surface area contributed by atoms with E-state index in [9.17, 15) is 8.42 Å². The highest BCUT2D eigenvalue weighted by molar-refractivity contribution is 9.08. The van der Waals surface area contributed by atoms with Crippen molar-refractivity contribution < 1.29 is 8.42 Å². The molecule has 0 amide bonds. The van der Waals surface area contributed by atoms with E-state index < -0.39 is 10.0 Å². The molecule has 0 saturated heterocycles. The van der Waals surface area contributed by atoms with Gasteiger partial charge in [0.15, 0.2) is 0 Å². The Labute approximate surface area is 117 Å². The SMILES string of the molecule is O=S(=O)(NCC1CCCC1)c1ccc(CBr)cc1. The smallest absolute Gasteiger partial charge is 0.211 e. The number of halogens is 1. The van der Waals surface area contributed by atoms with Crippen LogP contribution in [0.15, 0.2) is 29.2 Å². The van der Waals surface area contributed by atoms with E-state index in [1.54, 1.807) is 12.1 Å². The molecule has 0 radical (unpaired) electrons. The van der Waals surface area contributed by atoms with E-state index in [0.29, 0.717) is 17.4 Å². The lowest BCUT2D eigenvalue weighted by Crippen LogP contribution is -2.28. The normalized spacial score (nSPS) is 17.2. The third kappa shape index (κ3) is 3.56. The van der Waals surface area contributed by atoms with Crippen molar-refractivity contribution >= 4 is 26.0 Å². The summed E-state index contributed by atoms with van der Waals surface area (Å²) in [5, 5.41) is 0.739. The third-order valence-corrected chi connectivity index (χ3v) is 5.51. The molecule has 0 aliphatic heterocycles. The molecule has 1 aromatic rings. The predicted octanol–water partition coefficient (Wildman–Crippen LogP) is 3.05. The monoisotopic (exact) mass is 331 g/mol. The number of nitrogens with one attached hydrogen (secondary N) is 1. The van der Waals surface area contributed by atoms with Gasteiger partial charge in [-0.25, -0.2) is 13.1 Å². The van der Waals surface area contributed by atoms with Crippen LogP contribution in [0.25, 0.3) is 0 Å². The van der Waals surface area contributed by atoms with Gasteiger partial charge in [0, 0.05) is 11.9 Å². The molecule has 1 fully saturated rings. The van der Waals surface area contributed by atoms with E-state index in [4.69, 9.17) is 0 Å². The maximum absolute atomic E-state index is 12.1. The van der Waals surface area contributed by atoms with E-state index >= 15 is 0 Å². The molecule has 3 nitrogen and oxygen atoms in total. The molecule has 1 aliphatic rings. The summed E-state index contributed by atoms with van der Waals surface area (Å²) in [7, 11) is -3.34. The second-order valence-corrected chi connectivity index (χ2v) is 7.11. The van der Waals surface area contributed by atoms with E-state index in [0.717, 1.165) is 23.7 Å². The van der Waals surface area contributed by atoms with Crippen LogP contribution in [0, 0.1) is 5.92 Å². The molecule has 1 saturated carbocycles. The van der Waals surface area contributed by atoms with Crippen molar-refractivity contribution in [1.29, 1.82) is 0 Å². The molecule has 1 aliphatic carbocycles. The predicted molar refractivity (Wildman–Crippen MR) is 76.2 cm³/mol. The van der Waals surface area contributed by atoms with Gasteiger partial charge in [0.2, 0.25) is 10.0 Å². The molecular formula is C13H18BrNO2S. The highest BCUT2D eigenvalue weighted by atomic mass is 79.9. The lowest BCUT2D eigenvalue weighted by molar-refractivity contribution is 0.519. The zero-order valence-corrected chi connectivity index (χ0v) is 12.6. The van der Waals surface area contributed by atoms with Crippen LogP contribution in [0.4, 0.5) is 0 Å². The number of alkyl halides is 1. The molecule has 1 N–H and O–H groups in total. The van der Waals surface area contributed by atoms with E-state index in [1.165, 1.54) is 12.8 Å². The van der Waals surface area contributed by atoms with Gasteiger partial charge in [-0.05, 0) is 36.5 Å². The molecule has 1 aromatic carbocycles. The lowest BCUT2D eigenvalue weighted by Gasteiger charge is -2.11. The zero-order chi connectivity index (χ0) is 13.0. The first-order chi connectivity index (χ1) is 8.62. The Kier molecular flexibility index (Phi) is 4.81. The number of sulfonamides is 1. The minimum atomic E-state index is -3.34. The van der Waals surface area contributed by atoms with Gasteiger partial charge in [-0.3, -0.25) is 0 Å². The number of hydrogen-bond donors (Lipinski definition) is 1. The van der Waals surface area contributed by atoms with Crippen molar-refractivity contribution in [2.45, 2.75) is 35.9 Å². The van der Waals surface area contributed by atoms with Crippen molar-refractivity contribution in [3.63, 3.8) is 0 Å². The van der Waals surface area contributed by atoms with Gasteiger partial charge >= 0.3 is 0 Å². The van der Waals surface area contributed by atoms with Crippen LogP contribution < -0.4 is 4.72 Å². The highest BCUT2D eigenvalue weighted by Gasteiger charge is 2.19. The fourth-order valence-corrected chi connectivity index (χ4v) is 3.77. The Morgan fingerprint density at radius 2 is 1.78 bits per heavy atom. The Morgan fingerprint density at radius 3 is 2.33 bits per heavy atom. The van der Waals surface area contributed by atoms with Crippen molar-refractivity contribution in [2.24, 2.45) is 5.92 Å². The largest absolute Gasteiger partial charge is 0.240 e. The molecular weight excluding hydrogens is 314 g/mol. The van der Waals surface area contributed by atoms with Gasteiger partial charge < -0.3 is 0 Å². The van der Waals surface area contributed by atoms with Crippen LogP contribution in [0.1, 0.15) is 31.2 Å². The molecule has 0 unspecified atom stereocenters. The summed E-state index contributed by atoms with van der Waals surface area (Å²) in [5.41, 5.74) is 1.07. The number of benzene rings is 1. The fraction of sp³-hybridized carbons (Fsp3) is 0.538. The average molecular weight is 332 g/mol. The molecule has 0 spiro atoms. The van der Waals surface area contributed by atoms with Crippen LogP contribution in [-0.2, 0) is 15.4 Å². The van der Waals surface area contributed by atoms with Crippen LogP contribution >= 0.6 is 15.9 Å². The molecule has 0 aromatic heterocycles. The minimum Gasteiger partial charge on any atom is -0.211 e. The maximum atomic E-state index is 12.1. The first kappa shape index (κ1) is 14.0. The van der Waals surface area contributed by atoms with E-state index in [2.05, 4.69) is 20.7 Å². The number of rotatable bonds is 5. The van der Waals surface area contributed by atoms with Crippen LogP contribution in [0.5, 0.6) is 0 Å². The van der Waals surface area contributed by atoms with Crippen LogP contribution in [-0.4, -0.2) is 15.0 Å². The Morgan fingerprint density at radius 1 is 1.17 bits per heavy atom. The first-order valence-electron chi connectivity index (χ1n) is 6.26. The summed E-state index contributed by atoms with van der Waals surface area (Å²) in [5.74, 6) is 0.515. The average Bonchev–Trinajstić information content (AvgIpc) is 2.90. The van der Waals surface area contributed by atoms with Gasteiger partial charge in [0.05, 0.1) is 4.90 Å². The van der Waals surface area contributed by atoms with Crippen LogP contribution in [0.3, 0.4) is 0 Å². The molecule has 0 bridgehead atoms. The van der Waals surface area contributed by atoms with Crippen molar-refractivity contribution in [3.05, 3.63) is 29.8 Å². The first-order valence-corrected chi connectivity index (χ1v) is 8.87. The van der Waals surface area contributed by atoms with E-state index in [1.807, 2.05) is 12.1 Å². The van der Waals surface area contributed by atoms with Gasteiger partial charge in [-0.15, -0.1) is 0 Å². The Hall–Kier alpha value is -0.390. The standard InChI is InChI=1S/C13H18BrNO2S/c14-9-11-5-7-13(8-6-11)18(16,17)15-10-12-3-1-2-4-12/h5-8,12,15H,1-4,9-10H2. The van der Waals surface area contributed by atoms with Crippen molar-refractivity contribution in [3.8, 4) is 0 Å². The Bertz CT molecular complexity index is 478. The summed E-state index contributed by atoms with van der Waals surface area (Å²) in [6, 6.07) is 6.99. The summed E-state index contributed by atoms with van der Waals surface area (Å²) >= 11 is 3.34. The van der Waals surface area contributed by atoms with Crippen LogP contribution in [0.2, 0.25) is 0 Å². The second-order valence-electron chi connectivity index (χ2n) is 4.78. The zero-order valence-electron chi connectivity index (χ0n) is 10.2. The summed E-state index contributed by atoms with van der Waals surface area (Å²) in [6.07, 6.45) is 4.74. The van der Waals surface area contributed by atoms with E-state index in [-0.39, 0.29) is 0 Å². The maximum Gasteiger partial charge on any atom is 0.240 e. The topological polar surface area (TPSA) is 46.2 Å². The third-order valence-electron chi connectivity index (χ3n) is 3.42. The second kappa shape index (κ2) is 6.17. The van der Waals surface area contributed by atoms with Crippen molar-refractivity contribution in [1.82, 2.24) is 4.72 Å². The molecule has 18 heavy (non-hydrogen) atoms. The Balaban J connectivity index is 2.00. The van der Waals surface area contributed by atoms with Gasteiger partial charge in [-0.1, -0.05) is 40.9 Å². The highest BCUT2D eigenvalue weighted by Crippen LogP contribution is 2.24.